The molecular formula is C15H26N4. The van der Waals surface area contributed by atoms with Crippen molar-refractivity contribution in [3.05, 3.63) is 11.9 Å². The summed E-state index contributed by atoms with van der Waals surface area (Å²) in [7, 11) is 0. The second-order valence-corrected chi connectivity index (χ2v) is 5.94. The molecule has 4 nitrogen and oxygen atoms in total. The Kier molecular flexibility index (Phi) is 4.61. The highest BCUT2D eigenvalue weighted by atomic mass is 15.2. The molecule has 2 atom stereocenters. The van der Waals surface area contributed by atoms with Crippen molar-refractivity contribution in [3.63, 3.8) is 0 Å². The van der Waals surface area contributed by atoms with Crippen LogP contribution in [-0.2, 0) is 0 Å². The van der Waals surface area contributed by atoms with Crippen molar-refractivity contribution in [2.45, 2.75) is 40.5 Å². The third-order valence-electron chi connectivity index (χ3n) is 3.57. The Morgan fingerprint density at radius 3 is 2.58 bits per heavy atom. The van der Waals surface area contributed by atoms with Gasteiger partial charge in [-0.25, -0.2) is 9.97 Å². The van der Waals surface area contributed by atoms with Crippen LogP contribution in [0, 0.1) is 18.8 Å². The number of piperidine rings is 1. The Morgan fingerprint density at radius 2 is 1.95 bits per heavy atom. The first-order valence-electron chi connectivity index (χ1n) is 7.43. The summed E-state index contributed by atoms with van der Waals surface area (Å²) < 4.78 is 0. The molecule has 1 aliphatic heterocycles. The zero-order chi connectivity index (χ0) is 13.8. The number of hydrogen-bond donors (Lipinski definition) is 1. The number of nitrogens with zero attached hydrogens (tertiary/aromatic N) is 3. The topological polar surface area (TPSA) is 41.0 Å². The molecule has 0 bridgehead atoms. The second-order valence-electron chi connectivity index (χ2n) is 5.94. The molecule has 0 amide bonds. The van der Waals surface area contributed by atoms with Crippen LogP contribution in [0.3, 0.4) is 0 Å². The summed E-state index contributed by atoms with van der Waals surface area (Å²) in [6.07, 6.45) is 2.43. The molecule has 2 heterocycles. The molecule has 0 aromatic carbocycles. The van der Waals surface area contributed by atoms with Gasteiger partial charge in [0.25, 0.3) is 0 Å². The molecule has 1 saturated heterocycles. The van der Waals surface area contributed by atoms with Gasteiger partial charge in [-0.05, 0) is 31.6 Å². The Hall–Kier alpha value is -1.32. The number of hydrogen-bond acceptors (Lipinski definition) is 4. The van der Waals surface area contributed by atoms with Gasteiger partial charge in [0, 0.05) is 25.7 Å². The van der Waals surface area contributed by atoms with Gasteiger partial charge >= 0.3 is 0 Å². The largest absolute Gasteiger partial charge is 0.370 e. The van der Waals surface area contributed by atoms with Crippen LogP contribution >= 0.6 is 0 Å². The predicted molar refractivity (Wildman–Crippen MR) is 80.7 cm³/mol. The SMILES string of the molecule is CCCNc1cc(N2CC(C)CC(C)C2)nc(C)n1. The zero-order valence-corrected chi connectivity index (χ0v) is 12.6. The quantitative estimate of drug-likeness (QED) is 0.905. The molecule has 1 fully saturated rings. The van der Waals surface area contributed by atoms with Gasteiger partial charge < -0.3 is 10.2 Å². The lowest BCUT2D eigenvalue weighted by atomic mass is 9.92. The van der Waals surface area contributed by atoms with Crippen molar-refractivity contribution in [2.24, 2.45) is 11.8 Å². The summed E-state index contributed by atoms with van der Waals surface area (Å²) in [6, 6.07) is 2.09. The molecule has 1 N–H and O–H groups in total. The fourth-order valence-electron chi connectivity index (χ4n) is 2.91. The summed E-state index contributed by atoms with van der Waals surface area (Å²) in [5.41, 5.74) is 0. The van der Waals surface area contributed by atoms with Crippen LogP contribution in [0.4, 0.5) is 11.6 Å². The van der Waals surface area contributed by atoms with E-state index in [2.05, 4.69) is 47.0 Å². The van der Waals surface area contributed by atoms with E-state index in [-0.39, 0.29) is 0 Å². The van der Waals surface area contributed by atoms with Gasteiger partial charge in [-0.2, -0.15) is 0 Å². The summed E-state index contributed by atoms with van der Waals surface area (Å²) in [5, 5.41) is 3.36. The lowest BCUT2D eigenvalue weighted by Crippen LogP contribution is -2.39. The molecule has 0 aliphatic carbocycles. The minimum absolute atomic E-state index is 0.742. The number of rotatable bonds is 4. The summed E-state index contributed by atoms with van der Waals surface area (Å²) in [4.78, 5) is 11.5. The minimum atomic E-state index is 0.742. The summed E-state index contributed by atoms with van der Waals surface area (Å²) in [5.74, 6) is 4.36. The lowest BCUT2D eigenvalue weighted by molar-refractivity contribution is 0.355. The van der Waals surface area contributed by atoms with E-state index in [1.54, 1.807) is 0 Å². The van der Waals surface area contributed by atoms with Crippen molar-refractivity contribution < 1.29 is 0 Å². The first-order valence-corrected chi connectivity index (χ1v) is 7.43. The molecule has 106 valence electrons. The summed E-state index contributed by atoms with van der Waals surface area (Å²) in [6.45, 7) is 12.0. The van der Waals surface area contributed by atoms with Crippen molar-refractivity contribution in [3.8, 4) is 0 Å². The minimum Gasteiger partial charge on any atom is -0.370 e. The van der Waals surface area contributed by atoms with Gasteiger partial charge in [0.05, 0.1) is 0 Å². The summed E-state index contributed by atoms with van der Waals surface area (Å²) >= 11 is 0. The van der Waals surface area contributed by atoms with Crippen molar-refractivity contribution in [2.75, 3.05) is 29.9 Å². The highest BCUT2D eigenvalue weighted by Gasteiger charge is 2.23. The van der Waals surface area contributed by atoms with E-state index in [4.69, 9.17) is 0 Å². The lowest BCUT2D eigenvalue weighted by Gasteiger charge is -2.36. The maximum absolute atomic E-state index is 4.61. The first kappa shape index (κ1) is 14.1. The highest BCUT2D eigenvalue weighted by molar-refractivity contribution is 5.49. The standard InChI is InChI=1S/C15H26N4/c1-5-6-16-14-8-15(18-13(4)17-14)19-9-11(2)7-12(3)10-19/h8,11-12H,5-7,9-10H2,1-4H3,(H,16,17,18). The van der Waals surface area contributed by atoms with Gasteiger partial charge in [-0.15, -0.1) is 0 Å². The van der Waals surface area contributed by atoms with Gasteiger partial charge in [0.1, 0.15) is 17.5 Å². The second kappa shape index (κ2) is 6.22. The smallest absolute Gasteiger partial charge is 0.134 e. The Bertz CT molecular complexity index is 409. The molecule has 2 unspecified atom stereocenters. The third-order valence-corrected chi connectivity index (χ3v) is 3.57. The van der Waals surface area contributed by atoms with Crippen LogP contribution in [0.5, 0.6) is 0 Å². The van der Waals surface area contributed by atoms with Gasteiger partial charge in [0.2, 0.25) is 0 Å². The Morgan fingerprint density at radius 1 is 1.26 bits per heavy atom. The third kappa shape index (κ3) is 3.82. The Balaban J connectivity index is 2.16. The van der Waals surface area contributed by atoms with Gasteiger partial charge in [-0.1, -0.05) is 20.8 Å². The monoisotopic (exact) mass is 262 g/mol. The molecule has 1 aromatic rings. The number of aromatic nitrogens is 2. The molecule has 1 aliphatic rings. The van der Waals surface area contributed by atoms with Gasteiger partial charge in [-0.3, -0.25) is 0 Å². The zero-order valence-electron chi connectivity index (χ0n) is 12.6. The maximum Gasteiger partial charge on any atom is 0.134 e. The van der Waals surface area contributed by atoms with E-state index in [0.717, 1.165) is 55.4 Å². The molecule has 0 saturated carbocycles. The van der Waals surface area contributed by atoms with E-state index >= 15 is 0 Å². The average Bonchev–Trinajstić information content (AvgIpc) is 2.34. The predicted octanol–water partition coefficient (Wildman–Crippen LogP) is 3.09. The van der Waals surface area contributed by atoms with Crippen LogP contribution in [0.15, 0.2) is 6.07 Å². The van der Waals surface area contributed by atoms with E-state index < -0.39 is 0 Å². The fraction of sp³-hybridized carbons (Fsp3) is 0.733. The van der Waals surface area contributed by atoms with Crippen LogP contribution < -0.4 is 10.2 Å². The molecule has 0 radical (unpaired) electrons. The first-order chi connectivity index (χ1) is 9.08. The van der Waals surface area contributed by atoms with Crippen LogP contribution in [-0.4, -0.2) is 29.6 Å². The van der Waals surface area contributed by atoms with Crippen LogP contribution in [0.2, 0.25) is 0 Å². The molecule has 2 rings (SSSR count). The van der Waals surface area contributed by atoms with E-state index in [1.165, 1.54) is 6.42 Å². The maximum atomic E-state index is 4.61. The Labute approximate surface area is 116 Å². The van der Waals surface area contributed by atoms with Crippen LogP contribution in [0.1, 0.15) is 39.4 Å². The number of aryl methyl sites for hydroxylation is 1. The van der Waals surface area contributed by atoms with Crippen molar-refractivity contribution in [1.82, 2.24) is 9.97 Å². The molecule has 19 heavy (non-hydrogen) atoms. The van der Waals surface area contributed by atoms with E-state index in [0.29, 0.717) is 0 Å². The fourth-order valence-corrected chi connectivity index (χ4v) is 2.91. The van der Waals surface area contributed by atoms with E-state index in [1.807, 2.05) is 6.92 Å². The molecule has 0 spiro atoms. The van der Waals surface area contributed by atoms with Crippen molar-refractivity contribution >= 4 is 11.6 Å². The highest BCUT2D eigenvalue weighted by Crippen LogP contribution is 2.26. The van der Waals surface area contributed by atoms with E-state index in [9.17, 15) is 0 Å². The molecule has 4 heteroatoms. The normalized spacial score (nSPS) is 23.5. The van der Waals surface area contributed by atoms with Crippen molar-refractivity contribution in [1.29, 1.82) is 0 Å². The van der Waals surface area contributed by atoms with Gasteiger partial charge in [0.15, 0.2) is 0 Å². The van der Waals surface area contributed by atoms with Crippen LogP contribution in [0.25, 0.3) is 0 Å². The molecular weight excluding hydrogens is 236 g/mol. The number of nitrogens with one attached hydrogen (secondary N) is 1. The number of anilines is 2. The molecule has 1 aromatic heterocycles. The average molecular weight is 262 g/mol.